The first-order valence-corrected chi connectivity index (χ1v) is 9.04. The van der Waals surface area contributed by atoms with Gasteiger partial charge in [0.1, 0.15) is 0 Å². The van der Waals surface area contributed by atoms with E-state index < -0.39 is 20.5 Å². The molecule has 0 aromatic heterocycles. The molecule has 1 aliphatic rings. The Bertz CT molecular complexity index is 653. The van der Waals surface area contributed by atoms with Crippen LogP contribution in [0.1, 0.15) is 36.0 Å². The Hall–Kier alpha value is -1.25. The quantitative estimate of drug-likeness (QED) is 0.818. The summed E-state index contributed by atoms with van der Waals surface area (Å²) in [6.07, 6.45) is 3.93. The molecule has 9 heteroatoms. The van der Waals surface area contributed by atoms with E-state index in [0.717, 1.165) is 37.8 Å². The second kappa shape index (κ2) is 8.73. The zero-order chi connectivity index (χ0) is 17.0. The van der Waals surface area contributed by atoms with Crippen molar-refractivity contribution in [2.45, 2.75) is 42.4 Å². The molecule has 3 N–H and O–H groups in total. The van der Waals surface area contributed by atoms with Crippen LogP contribution in [0, 0.1) is 5.92 Å². The highest BCUT2D eigenvalue weighted by Gasteiger charge is 2.28. The normalized spacial score (nSPS) is 21.2. The van der Waals surface area contributed by atoms with Crippen molar-refractivity contribution in [2.75, 3.05) is 6.54 Å². The molecule has 1 aliphatic carbocycles. The fourth-order valence-corrected chi connectivity index (χ4v) is 3.55. The third-order valence-electron chi connectivity index (χ3n) is 4.21. The molecule has 0 aliphatic heterocycles. The Morgan fingerprint density at radius 1 is 1.21 bits per heavy atom. The van der Waals surface area contributed by atoms with Gasteiger partial charge < -0.3 is 11.1 Å². The molecule has 1 fully saturated rings. The largest absolute Gasteiger partial charge is 0.349 e. The molecule has 1 aromatic rings. The lowest BCUT2D eigenvalue weighted by molar-refractivity contribution is 0.0908. The smallest absolute Gasteiger partial charge is 0.341 e. The maximum absolute atomic E-state index is 12.5. The lowest BCUT2D eigenvalue weighted by Gasteiger charge is -2.31. The van der Waals surface area contributed by atoms with Crippen LogP contribution in [0.4, 0.5) is 8.78 Å². The maximum atomic E-state index is 12.5. The summed E-state index contributed by atoms with van der Waals surface area (Å²) < 4.78 is 47.6. The van der Waals surface area contributed by atoms with Crippen LogP contribution in [0.5, 0.6) is 0 Å². The molecular weight excluding hydrogens is 362 g/mol. The summed E-state index contributed by atoms with van der Waals surface area (Å²) >= 11 is 0. The number of hydrogen-bond acceptors (Lipinski definition) is 4. The van der Waals surface area contributed by atoms with Gasteiger partial charge in [-0.05, 0) is 49.6 Å². The number of amides is 1. The Kier molecular flexibility index (Phi) is 7.56. The summed E-state index contributed by atoms with van der Waals surface area (Å²) in [6, 6.07) is 4.52. The van der Waals surface area contributed by atoms with E-state index in [9.17, 15) is 22.0 Å². The molecule has 0 saturated heterocycles. The number of rotatable bonds is 5. The van der Waals surface area contributed by atoms with E-state index in [2.05, 4.69) is 5.32 Å². The molecule has 2 atom stereocenters. The Morgan fingerprint density at radius 3 is 2.33 bits per heavy atom. The highest BCUT2D eigenvalue weighted by atomic mass is 35.5. The molecule has 5 nitrogen and oxygen atoms in total. The monoisotopic (exact) mass is 382 g/mol. The van der Waals surface area contributed by atoms with Gasteiger partial charge in [-0.25, -0.2) is 8.42 Å². The maximum Gasteiger partial charge on any atom is 0.341 e. The number of nitrogens with two attached hydrogens (primary N) is 1. The second-order valence-electron chi connectivity index (χ2n) is 5.69. The van der Waals surface area contributed by atoms with Crippen LogP contribution in [-0.4, -0.2) is 32.7 Å². The molecule has 1 saturated carbocycles. The standard InChI is InChI=1S/C15H20F2N2O3S.ClH/c16-15(17)23(21,22)12-7-5-10(6-8-12)14(20)19-13-4-2-1-3-11(13)9-18;/h5-8,11,13,15H,1-4,9,18H2,(H,19,20);1H. The number of halogens is 3. The summed E-state index contributed by atoms with van der Waals surface area (Å²) in [5, 5.41) is 2.90. The van der Waals surface area contributed by atoms with E-state index in [0.29, 0.717) is 6.54 Å². The van der Waals surface area contributed by atoms with Gasteiger partial charge in [0.2, 0.25) is 9.84 Å². The van der Waals surface area contributed by atoms with E-state index in [1.165, 1.54) is 12.1 Å². The van der Waals surface area contributed by atoms with E-state index in [1.54, 1.807) is 0 Å². The van der Waals surface area contributed by atoms with Gasteiger partial charge in [-0.3, -0.25) is 4.79 Å². The Balaban J connectivity index is 0.00000288. The van der Waals surface area contributed by atoms with Gasteiger partial charge in [0, 0.05) is 11.6 Å². The minimum absolute atomic E-state index is 0. The van der Waals surface area contributed by atoms with Crippen molar-refractivity contribution in [1.29, 1.82) is 0 Å². The van der Waals surface area contributed by atoms with Gasteiger partial charge in [-0.1, -0.05) is 12.8 Å². The number of hydrogen-bond donors (Lipinski definition) is 2. The molecular formula is C15H21ClF2N2O3S. The van der Waals surface area contributed by atoms with Gasteiger partial charge in [-0.15, -0.1) is 12.4 Å². The Morgan fingerprint density at radius 2 is 1.79 bits per heavy atom. The average molecular weight is 383 g/mol. The van der Waals surface area contributed by atoms with Crippen LogP contribution in [0.3, 0.4) is 0 Å². The zero-order valence-electron chi connectivity index (χ0n) is 13.0. The summed E-state index contributed by atoms with van der Waals surface area (Å²) in [4.78, 5) is 11.7. The van der Waals surface area contributed by atoms with Gasteiger partial charge >= 0.3 is 5.76 Å². The fraction of sp³-hybridized carbons (Fsp3) is 0.533. The van der Waals surface area contributed by atoms with Gasteiger partial charge in [0.15, 0.2) is 0 Å². The van der Waals surface area contributed by atoms with Gasteiger partial charge in [-0.2, -0.15) is 8.78 Å². The van der Waals surface area contributed by atoms with Crippen molar-refractivity contribution in [1.82, 2.24) is 5.32 Å². The van der Waals surface area contributed by atoms with Crippen molar-refractivity contribution in [3.63, 3.8) is 0 Å². The number of carbonyl (C=O) groups excluding carboxylic acids is 1. The molecule has 1 amide bonds. The van der Waals surface area contributed by atoms with E-state index >= 15 is 0 Å². The van der Waals surface area contributed by atoms with Crippen LogP contribution in [0.25, 0.3) is 0 Å². The van der Waals surface area contributed by atoms with Crippen LogP contribution in [0.2, 0.25) is 0 Å². The number of nitrogens with one attached hydrogen (secondary N) is 1. The topological polar surface area (TPSA) is 89.3 Å². The highest BCUT2D eigenvalue weighted by molar-refractivity contribution is 7.91. The SMILES string of the molecule is Cl.NCC1CCCCC1NC(=O)c1ccc(S(=O)(=O)C(F)F)cc1. The molecule has 2 rings (SSSR count). The molecule has 0 radical (unpaired) electrons. The second-order valence-corrected chi connectivity index (χ2v) is 7.61. The molecule has 136 valence electrons. The van der Waals surface area contributed by atoms with Gasteiger partial charge in [0.05, 0.1) is 4.90 Å². The van der Waals surface area contributed by atoms with Crippen LogP contribution >= 0.6 is 12.4 Å². The van der Waals surface area contributed by atoms with Crippen molar-refractivity contribution < 1.29 is 22.0 Å². The van der Waals surface area contributed by atoms with Crippen LogP contribution < -0.4 is 11.1 Å². The Labute approximate surface area is 146 Å². The fourth-order valence-electron chi connectivity index (χ4n) is 2.83. The number of alkyl halides is 2. The van der Waals surface area contributed by atoms with Crippen molar-refractivity contribution in [3.05, 3.63) is 29.8 Å². The van der Waals surface area contributed by atoms with Crippen LogP contribution in [0.15, 0.2) is 29.2 Å². The summed E-state index contributed by atoms with van der Waals surface area (Å²) in [5.74, 6) is -3.60. The molecule has 0 spiro atoms. The molecule has 1 aromatic carbocycles. The lowest BCUT2D eigenvalue weighted by atomic mass is 9.84. The molecule has 0 bridgehead atoms. The highest BCUT2D eigenvalue weighted by Crippen LogP contribution is 2.24. The summed E-state index contributed by atoms with van der Waals surface area (Å²) in [6.45, 7) is 0.497. The third-order valence-corrected chi connectivity index (χ3v) is 5.61. The van der Waals surface area contributed by atoms with Crippen LogP contribution in [-0.2, 0) is 9.84 Å². The summed E-state index contributed by atoms with van der Waals surface area (Å²) in [7, 11) is -4.64. The van der Waals surface area contributed by atoms with Crippen molar-refractivity contribution >= 4 is 28.2 Å². The third kappa shape index (κ3) is 4.64. The van der Waals surface area contributed by atoms with E-state index in [-0.39, 0.29) is 35.8 Å². The van der Waals surface area contributed by atoms with Gasteiger partial charge in [0.25, 0.3) is 5.91 Å². The molecule has 24 heavy (non-hydrogen) atoms. The van der Waals surface area contributed by atoms with Crippen molar-refractivity contribution in [3.8, 4) is 0 Å². The van der Waals surface area contributed by atoms with E-state index in [1.807, 2.05) is 0 Å². The number of sulfone groups is 1. The number of carbonyl (C=O) groups is 1. The van der Waals surface area contributed by atoms with Crippen molar-refractivity contribution in [2.24, 2.45) is 11.7 Å². The molecule has 0 heterocycles. The minimum atomic E-state index is -4.64. The predicted molar refractivity (Wildman–Crippen MR) is 89.1 cm³/mol. The zero-order valence-corrected chi connectivity index (χ0v) is 14.6. The lowest BCUT2D eigenvalue weighted by Crippen LogP contribution is -2.44. The first-order chi connectivity index (χ1) is 10.9. The minimum Gasteiger partial charge on any atom is -0.349 e. The first-order valence-electron chi connectivity index (χ1n) is 7.49. The van der Waals surface area contributed by atoms with E-state index in [4.69, 9.17) is 5.73 Å². The number of benzene rings is 1. The predicted octanol–water partition coefficient (Wildman–Crippen LogP) is 2.35. The average Bonchev–Trinajstić information content (AvgIpc) is 2.55. The first kappa shape index (κ1) is 20.8. The molecule has 2 unspecified atom stereocenters. The summed E-state index contributed by atoms with van der Waals surface area (Å²) in [5.41, 5.74) is 5.95.